The number of thiazole rings is 1. The van der Waals surface area contributed by atoms with Crippen LogP contribution in [0.4, 0.5) is 4.39 Å². The first-order valence-electron chi connectivity index (χ1n) is 5.55. The summed E-state index contributed by atoms with van der Waals surface area (Å²) in [7, 11) is 0. The smallest absolute Gasteiger partial charge is 0.186 e. The van der Waals surface area contributed by atoms with E-state index in [2.05, 4.69) is 4.98 Å². The molecule has 0 aliphatic carbocycles. The van der Waals surface area contributed by atoms with Crippen molar-refractivity contribution in [2.24, 2.45) is 5.73 Å². The number of carbonyl (C=O) groups is 1. The van der Waals surface area contributed by atoms with Crippen molar-refractivity contribution in [3.63, 3.8) is 0 Å². The van der Waals surface area contributed by atoms with Crippen LogP contribution in [0.1, 0.15) is 34.0 Å². The summed E-state index contributed by atoms with van der Waals surface area (Å²) >= 11 is 1.37. The van der Waals surface area contributed by atoms with Crippen molar-refractivity contribution >= 4 is 17.1 Å². The maximum absolute atomic E-state index is 13.0. The lowest BCUT2D eigenvalue weighted by atomic mass is 10.1. The molecule has 0 saturated heterocycles. The van der Waals surface area contributed by atoms with Crippen molar-refractivity contribution in [3.05, 3.63) is 51.7 Å². The average Bonchev–Trinajstić information content (AvgIpc) is 2.78. The Hall–Kier alpha value is -1.59. The largest absolute Gasteiger partial charge is 0.322 e. The molecular weight excluding hydrogens is 251 g/mol. The van der Waals surface area contributed by atoms with E-state index in [0.29, 0.717) is 11.3 Å². The molecule has 0 saturated carbocycles. The molecule has 0 aliphatic rings. The fraction of sp³-hybridized carbons (Fsp3) is 0.231. The first kappa shape index (κ1) is 12.9. The Morgan fingerprint density at radius 3 is 2.94 bits per heavy atom. The third-order valence-electron chi connectivity index (χ3n) is 2.45. The number of aromatic nitrogens is 1. The van der Waals surface area contributed by atoms with Gasteiger partial charge in [-0.25, -0.2) is 9.37 Å². The van der Waals surface area contributed by atoms with Gasteiger partial charge in [-0.05, 0) is 24.6 Å². The van der Waals surface area contributed by atoms with E-state index in [1.54, 1.807) is 17.5 Å². The standard InChI is InChI=1S/C13H13FN2OS/c1-8(15)13-16-11(7-18-13)12(17)6-9-3-2-4-10(14)5-9/h2-5,7-8H,6,15H2,1H3. The van der Waals surface area contributed by atoms with Crippen LogP contribution in [0.15, 0.2) is 29.6 Å². The lowest BCUT2D eigenvalue weighted by Crippen LogP contribution is -2.07. The van der Waals surface area contributed by atoms with Gasteiger partial charge in [0.1, 0.15) is 16.5 Å². The van der Waals surface area contributed by atoms with Crippen LogP contribution in [-0.4, -0.2) is 10.8 Å². The third kappa shape index (κ3) is 3.00. The number of halogens is 1. The molecule has 0 amide bonds. The number of carbonyl (C=O) groups excluding carboxylic acids is 1. The molecule has 1 aromatic heterocycles. The lowest BCUT2D eigenvalue weighted by Gasteiger charge is -1.99. The van der Waals surface area contributed by atoms with E-state index in [9.17, 15) is 9.18 Å². The van der Waals surface area contributed by atoms with Crippen LogP contribution in [0.5, 0.6) is 0 Å². The number of nitrogens with two attached hydrogens (primary N) is 1. The number of rotatable bonds is 4. The molecule has 2 aromatic rings. The predicted molar refractivity (Wildman–Crippen MR) is 69.2 cm³/mol. The normalized spacial score (nSPS) is 12.4. The molecule has 1 unspecified atom stereocenters. The highest BCUT2D eigenvalue weighted by Gasteiger charge is 2.13. The minimum absolute atomic E-state index is 0.122. The second-order valence-electron chi connectivity index (χ2n) is 4.09. The molecular formula is C13H13FN2OS. The molecule has 2 rings (SSSR count). The maximum atomic E-state index is 13.0. The van der Waals surface area contributed by atoms with Gasteiger partial charge in [0.15, 0.2) is 5.78 Å². The summed E-state index contributed by atoms with van der Waals surface area (Å²) in [4.78, 5) is 16.1. The third-order valence-corrected chi connectivity index (χ3v) is 3.50. The summed E-state index contributed by atoms with van der Waals surface area (Å²) in [5.41, 5.74) is 6.73. The molecule has 0 aliphatic heterocycles. The summed E-state index contributed by atoms with van der Waals surface area (Å²) in [6.45, 7) is 1.82. The number of benzene rings is 1. The number of nitrogens with zero attached hydrogens (tertiary/aromatic N) is 1. The summed E-state index contributed by atoms with van der Waals surface area (Å²) < 4.78 is 13.0. The van der Waals surface area contributed by atoms with Crippen LogP contribution in [0.3, 0.4) is 0 Å². The first-order valence-corrected chi connectivity index (χ1v) is 6.43. The van der Waals surface area contributed by atoms with Gasteiger partial charge in [0, 0.05) is 11.8 Å². The first-order chi connectivity index (χ1) is 8.56. The Bertz CT molecular complexity index is 566. The number of hydrogen-bond acceptors (Lipinski definition) is 4. The molecule has 1 aromatic carbocycles. The topological polar surface area (TPSA) is 56.0 Å². The molecule has 0 bridgehead atoms. The molecule has 1 atom stereocenters. The molecule has 0 spiro atoms. The van der Waals surface area contributed by atoms with Gasteiger partial charge >= 0.3 is 0 Å². The number of hydrogen-bond donors (Lipinski definition) is 1. The minimum Gasteiger partial charge on any atom is -0.322 e. The molecule has 18 heavy (non-hydrogen) atoms. The fourth-order valence-electron chi connectivity index (χ4n) is 1.55. The van der Waals surface area contributed by atoms with Crippen molar-refractivity contribution in [2.75, 3.05) is 0 Å². The van der Waals surface area contributed by atoms with Crippen LogP contribution in [0, 0.1) is 5.82 Å². The van der Waals surface area contributed by atoms with Gasteiger partial charge in [-0.1, -0.05) is 12.1 Å². The van der Waals surface area contributed by atoms with E-state index in [1.165, 1.54) is 23.5 Å². The van der Waals surface area contributed by atoms with Gasteiger partial charge in [0.25, 0.3) is 0 Å². The highest BCUT2D eigenvalue weighted by Crippen LogP contribution is 2.17. The monoisotopic (exact) mass is 264 g/mol. The second kappa shape index (κ2) is 5.37. The summed E-state index contributed by atoms with van der Waals surface area (Å²) in [6.07, 6.45) is 0.153. The zero-order valence-corrected chi connectivity index (χ0v) is 10.7. The van der Waals surface area contributed by atoms with E-state index in [0.717, 1.165) is 5.01 Å². The molecule has 0 radical (unpaired) electrons. The van der Waals surface area contributed by atoms with Gasteiger partial charge in [0.05, 0.1) is 6.04 Å². The van der Waals surface area contributed by atoms with E-state index in [-0.39, 0.29) is 24.1 Å². The Balaban J connectivity index is 2.12. The number of ketones is 1. The van der Waals surface area contributed by atoms with Crippen molar-refractivity contribution in [3.8, 4) is 0 Å². The Labute approximate surface area is 108 Å². The maximum Gasteiger partial charge on any atom is 0.186 e. The molecule has 94 valence electrons. The van der Waals surface area contributed by atoms with Gasteiger partial charge in [-0.15, -0.1) is 11.3 Å². The van der Waals surface area contributed by atoms with Crippen molar-refractivity contribution in [1.29, 1.82) is 0 Å². The molecule has 0 fully saturated rings. The highest BCUT2D eigenvalue weighted by atomic mass is 32.1. The van der Waals surface area contributed by atoms with Gasteiger partial charge in [-0.2, -0.15) is 0 Å². The van der Waals surface area contributed by atoms with Crippen molar-refractivity contribution in [2.45, 2.75) is 19.4 Å². The van der Waals surface area contributed by atoms with E-state index in [4.69, 9.17) is 5.73 Å². The SMILES string of the molecule is CC(N)c1nc(C(=O)Cc2cccc(F)c2)cs1. The van der Waals surface area contributed by atoms with E-state index in [1.807, 2.05) is 6.92 Å². The van der Waals surface area contributed by atoms with Crippen LogP contribution >= 0.6 is 11.3 Å². The summed E-state index contributed by atoms with van der Waals surface area (Å²) in [5.74, 6) is -0.460. The molecule has 2 N–H and O–H groups in total. The zero-order valence-electron chi connectivity index (χ0n) is 9.89. The van der Waals surface area contributed by atoms with Crippen LogP contribution in [-0.2, 0) is 6.42 Å². The number of Topliss-reactive ketones (excluding diaryl/α,β-unsaturated/α-hetero) is 1. The molecule has 1 heterocycles. The average molecular weight is 264 g/mol. The Morgan fingerprint density at radius 1 is 1.56 bits per heavy atom. The highest BCUT2D eigenvalue weighted by molar-refractivity contribution is 7.09. The van der Waals surface area contributed by atoms with Gasteiger partial charge < -0.3 is 5.73 Å². The fourth-order valence-corrected chi connectivity index (χ4v) is 2.33. The zero-order chi connectivity index (χ0) is 13.1. The quantitative estimate of drug-likeness (QED) is 0.864. The van der Waals surface area contributed by atoms with Crippen LogP contribution in [0.2, 0.25) is 0 Å². The van der Waals surface area contributed by atoms with Crippen LogP contribution in [0.25, 0.3) is 0 Å². The second-order valence-corrected chi connectivity index (χ2v) is 4.98. The predicted octanol–water partition coefficient (Wildman–Crippen LogP) is 2.73. The van der Waals surface area contributed by atoms with Crippen molar-refractivity contribution in [1.82, 2.24) is 4.98 Å². The lowest BCUT2D eigenvalue weighted by molar-refractivity contribution is 0.0988. The van der Waals surface area contributed by atoms with Gasteiger partial charge in [0.2, 0.25) is 0 Å². The molecule has 5 heteroatoms. The Morgan fingerprint density at radius 2 is 2.33 bits per heavy atom. The van der Waals surface area contributed by atoms with Crippen LogP contribution < -0.4 is 5.73 Å². The summed E-state index contributed by atoms with van der Waals surface area (Å²) in [5, 5.41) is 2.43. The summed E-state index contributed by atoms with van der Waals surface area (Å²) in [6, 6.07) is 5.85. The molecule has 3 nitrogen and oxygen atoms in total. The minimum atomic E-state index is -0.338. The Kier molecular flexibility index (Phi) is 3.84. The van der Waals surface area contributed by atoms with E-state index >= 15 is 0 Å². The van der Waals surface area contributed by atoms with Crippen molar-refractivity contribution < 1.29 is 9.18 Å². The van der Waals surface area contributed by atoms with E-state index < -0.39 is 0 Å². The van der Waals surface area contributed by atoms with Gasteiger partial charge in [-0.3, -0.25) is 4.79 Å².